The Morgan fingerprint density at radius 3 is 2.51 bits per heavy atom. The molecular weight excluding hydrogens is 497 g/mol. The Morgan fingerprint density at radius 2 is 1.77 bits per heavy atom. The molecule has 0 fully saturated rings. The zero-order chi connectivity index (χ0) is 27.4. The Kier molecular flexibility index (Phi) is 7.79. The van der Waals surface area contributed by atoms with E-state index in [4.69, 9.17) is 14.6 Å². The standard InChI is InChI=1S/C30H32FN5O3/c1-34(30(37)32-22-12-14-23(38-2)15-13-22)20-26-24-19-35(18-21-8-4-5-9-25(21)31)17-16-27(24)36(33-26)28-10-6-7-11-29(28)39-3/h4-15H,16-20H2,1-3H3,(H,32,37). The molecule has 1 N–H and O–H groups in total. The van der Waals surface area contributed by atoms with Crippen LogP contribution >= 0.6 is 0 Å². The number of anilines is 1. The summed E-state index contributed by atoms with van der Waals surface area (Å²) < 4.78 is 27.1. The number of carbonyl (C=O) groups is 1. The predicted octanol–water partition coefficient (Wildman–Crippen LogP) is 5.25. The molecule has 3 aromatic carbocycles. The fourth-order valence-corrected chi connectivity index (χ4v) is 4.87. The van der Waals surface area contributed by atoms with Crippen LogP contribution in [0.15, 0.2) is 72.8 Å². The van der Waals surface area contributed by atoms with E-state index in [2.05, 4.69) is 10.2 Å². The summed E-state index contributed by atoms with van der Waals surface area (Å²) in [6.45, 7) is 2.16. The number of methoxy groups -OCH3 is 2. The van der Waals surface area contributed by atoms with Crippen molar-refractivity contribution in [3.8, 4) is 17.2 Å². The Labute approximate surface area is 227 Å². The molecule has 0 radical (unpaired) electrons. The lowest BCUT2D eigenvalue weighted by atomic mass is 10.0. The van der Waals surface area contributed by atoms with Gasteiger partial charge in [-0.3, -0.25) is 4.90 Å². The number of hydrogen-bond acceptors (Lipinski definition) is 5. The fourth-order valence-electron chi connectivity index (χ4n) is 4.87. The van der Waals surface area contributed by atoms with E-state index in [0.717, 1.165) is 41.4 Å². The van der Waals surface area contributed by atoms with Gasteiger partial charge in [-0.25, -0.2) is 13.9 Å². The van der Waals surface area contributed by atoms with Crippen LogP contribution in [0.2, 0.25) is 0 Å². The van der Waals surface area contributed by atoms with Crippen molar-refractivity contribution in [3.63, 3.8) is 0 Å². The lowest BCUT2D eigenvalue weighted by molar-refractivity contribution is 0.218. The van der Waals surface area contributed by atoms with E-state index in [1.165, 1.54) is 6.07 Å². The van der Waals surface area contributed by atoms with Crippen LogP contribution < -0.4 is 14.8 Å². The molecule has 5 rings (SSSR count). The van der Waals surface area contributed by atoms with Crippen molar-refractivity contribution in [1.29, 1.82) is 0 Å². The van der Waals surface area contributed by atoms with Gasteiger partial charge in [0, 0.05) is 49.9 Å². The van der Waals surface area contributed by atoms with Gasteiger partial charge in [0.25, 0.3) is 0 Å². The maximum Gasteiger partial charge on any atom is 0.321 e. The second-order valence-corrected chi connectivity index (χ2v) is 9.52. The van der Waals surface area contributed by atoms with Gasteiger partial charge in [-0.15, -0.1) is 0 Å². The molecule has 2 amide bonds. The van der Waals surface area contributed by atoms with E-state index < -0.39 is 0 Å². The SMILES string of the molecule is COc1ccc(NC(=O)N(C)Cc2nn(-c3ccccc3OC)c3c2CN(Cc2ccccc2F)CC3)cc1. The number of halogens is 1. The normalized spacial score (nSPS) is 13.0. The van der Waals surface area contributed by atoms with Gasteiger partial charge in [-0.2, -0.15) is 5.10 Å². The number of benzene rings is 3. The van der Waals surface area contributed by atoms with Crippen LogP contribution in [0, 0.1) is 5.82 Å². The number of urea groups is 1. The molecule has 0 saturated carbocycles. The zero-order valence-corrected chi connectivity index (χ0v) is 22.4. The molecule has 39 heavy (non-hydrogen) atoms. The van der Waals surface area contributed by atoms with Crippen molar-refractivity contribution in [3.05, 3.63) is 101 Å². The molecule has 0 spiro atoms. The largest absolute Gasteiger partial charge is 0.497 e. The summed E-state index contributed by atoms with van der Waals surface area (Å²) in [5.41, 5.74) is 5.09. The second kappa shape index (κ2) is 11.6. The first-order valence-electron chi connectivity index (χ1n) is 12.8. The van der Waals surface area contributed by atoms with Gasteiger partial charge in [-0.1, -0.05) is 30.3 Å². The van der Waals surface area contributed by atoms with Crippen LogP contribution in [-0.4, -0.2) is 53.4 Å². The van der Waals surface area contributed by atoms with Crippen molar-refractivity contribution in [2.45, 2.75) is 26.1 Å². The third kappa shape index (κ3) is 5.73. The van der Waals surface area contributed by atoms with Crippen molar-refractivity contribution >= 4 is 11.7 Å². The van der Waals surface area contributed by atoms with E-state index in [9.17, 15) is 9.18 Å². The topological polar surface area (TPSA) is 71.9 Å². The molecular formula is C30H32FN5O3. The molecule has 1 aliphatic rings. The van der Waals surface area contributed by atoms with Crippen LogP contribution in [0.25, 0.3) is 5.69 Å². The molecule has 0 saturated heterocycles. The Morgan fingerprint density at radius 1 is 1.03 bits per heavy atom. The summed E-state index contributed by atoms with van der Waals surface area (Å²) in [6.07, 6.45) is 0.733. The Balaban J connectivity index is 1.42. The molecule has 2 heterocycles. The third-order valence-electron chi connectivity index (χ3n) is 6.96. The average molecular weight is 530 g/mol. The molecule has 1 aliphatic heterocycles. The highest BCUT2D eigenvalue weighted by molar-refractivity contribution is 5.89. The number of aromatic nitrogens is 2. The maximum absolute atomic E-state index is 14.4. The summed E-state index contributed by atoms with van der Waals surface area (Å²) >= 11 is 0. The average Bonchev–Trinajstić information content (AvgIpc) is 3.31. The first-order chi connectivity index (χ1) is 19.0. The van der Waals surface area contributed by atoms with Gasteiger partial charge in [0.05, 0.1) is 32.2 Å². The Bertz CT molecular complexity index is 1450. The number of fused-ring (bicyclic) bond motifs is 1. The maximum atomic E-state index is 14.4. The van der Waals surface area contributed by atoms with Crippen LogP contribution in [0.3, 0.4) is 0 Å². The van der Waals surface area contributed by atoms with E-state index in [-0.39, 0.29) is 11.8 Å². The number of nitrogens with zero attached hydrogens (tertiary/aromatic N) is 4. The smallest absolute Gasteiger partial charge is 0.321 e. The summed E-state index contributed by atoms with van der Waals surface area (Å²) in [7, 11) is 4.99. The lowest BCUT2D eigenvalue weighted by Gasteiger charge is -2.28. The molecule has 202 valence electrons. The van der Waals surface area contributed by atoms with E-state index in [1.54, 1.807) is 56.5 Å². The summed E-state index contributed by atoms with van der Waals surface area (Å²) in [4.78, 5) is 16.9. The number of rotatable bonds is 8. The quantitative estimate of drug-likeness (QED) is 0.338. The first-order valence-corrected chi connectivity index (χ1v) is 12.8. The van der Waals surface area contributed by atoms with Crippen LogP contribution in [-0.2, 0) is 26.1 Å². The van der Waals surface area contributed by atoms with Crippen LogP contribution in [0.1, 0.15) is 22.5 Å². The highest BCUT2D eigenvalue weighted by Crippen LogP contribution is 2.31. The highest BCUT2D eigenvalue weighted by atomic mass is 19.1. The van der Waals surface area contributed by atoms with Crippen molar-refractivity contribution < 1.29 is 18.7 Å². The van der Waals surface area contributed by atoms with Crippen molar-refractivity contribution in [1.82, 2.24) is 19.6 Å². The van der Waals surface area contributed by atoms with E-state index >= 15 is 0 Å². The van der Waals surface area contributed by atoms with E-state index in [0.29, 0.717) is 36.6 Å². The number of carbonyl (C=O) groups excluding carboxylic acids is 1. The minimum absolute atomic E-state index is 0.205. The number of hydrogen-bond donors (Lipinski definition) is 1. The number of nitrogens with one attached hydrogen (secondary N) is 1. The minimum atomic E-state index is -0.250. The molecule has 0 atom stereocenters. The lowest BCUT2D eigenvalue weighted by Crippen LogP contribution is -2.33. The first kappa shape index (κ1) is 26.2. The highest BCUT2D eigenvalue weighted by Gasteiger charge is 2.28. The Hall–Kier alpha value is -4.37. The van der Waals surface area contributed by atoms with Crippen LogP contribution in [0.4, 0.5) is 14.9 Å². The van der Waals surface area contributed by atoms with Gasteiger partial charge >= 0.3 is 6.03 Å². The third-order valence-corrected chi connectivity index (χ3v) is 6.96. The summed E-state index contributed by atoms with van der Waals surface area (Å²) in [5, 5.41) is 7.90. The second-order valence-electron chi connectivity index (χ2n) is 9.52. The van der Waals surface area contributed by atoms with Crippen molar-refractivity contribution in [2.24, 2.45) is 0 Å². The zero-order valence-electron chi connectivity index (χ0n) is 22.4. The van der Waals surface area contributed by atoms with E-state index in [1.807, 2.05) is 41.1 Å². The number of ether oxygens (including phenoxy) is 2. The van der Waals surface area contributed by atoms with Gasteiger partial charge in [0.2, 0.25) is 0 Å². The summed E-state index contributed by atoms with van der Waals surface area (Å²) in [5.74, 6) is 1.23. The monoisotopic (exact) mass is 529 g/mol. The molecule has 4 aromatic rings. The molecule has 0 bridgehead atoms. The van der Waals surface area contributed by atoms with Gasteiger partial charge < -0.3 is 19.7 Å². The van der Waals surface area contributed by atoms with Gasteiger partial charge in [0.15, 0.2) is 0 Å². The molecule has 0 aliphatic carbocycles. The molecule has 9 heteroatoms. The molecule has 1 aromatic heterocycles. The summed E-state index contributed by atoms with van der Waals surface area (Å²) in [6, 6.07) is 21.6. The van der Waals surface area contributed by atoms with Gasteiger partial charge in [-0.05, 0) is 42.5 Å². The fraction of sp³-hybridized carbons (Fsp3) is 0.267. The predicted molar refractivity (Wildman–Crippen MR) is 148 cm³/mol. The van der Waals surface area contributed by atoms with Crippen LogP contribution in [0.5, 0.6) is 11.5 Å². The molecule has 0 unspecified atom stereocenters. The number of para-hydroxylation sites is 2. The molecule has 8 nitrogen and oxygen atoms in total. The minimum Gasteiger partial charge on any atom is -0.497 e. The van der Waals surface area contributed by atoms with Crippen molar-refractivity contribution in [2.75, 3.05) is 33.1 Å². The number of amides is 2. The van der Waals surface area contributed by atoms with Gasteiger partial charge in [0.1, 0.15) is 23.0 Å².